The minimum absolute atomic E-state index is 0.182. The van der Waals surface area contributed by atoms with Gasteiger partial charge in [0.2, 0.25) is 0 Å². The fourth-order valence-electron chi connectivity index (χ4n) is 1.52. The van der Waals surface area contributed by atoms with Crippen LogP contribution in [-0.4, -0.2) is 34.5 Å². The Balaban J connectivity index is 2.86. The number of carboxylic acid groups (broad SMARTS) is 1. The van der Waals surface area contributed by atoms with Crippen LogP contribution in [0.4, 0.5) is 0 Å². The number of hydrogen-bond donors (Lipinski definition) is 1. The number of hydrogen-bond acceptors (Lipinski definition) is 4. The molecule has 0 saturated heterocycles. The summed E-state index contributed by atoms with van der Waals surface area (Å²) in [6.07, 6.45) is -0.376. The predicted molar refractivity (Wildman–Crippen MR) is 62.3 cm³/mol. The Labute approximate surface area is 100 Å². The molecule has 0 radical (unpaired) electrons. The third-order valence-corrected chi connectivity index (χ3v) is 4.61. The van der Waals surface area contributed by atoms with E-state index in [1.807, 2.05) is 0 Å². The molecule has 1 atom stereocenters. The van der Waals surface area contributed by atoms with Crippen molar-refractivity contribution in [1.29, 1.82) is 0 Å². The first-order chi connectivity index (χ1) is 7.72. The molecule has 0 aliphatic carbocycles. The summed E-state index contributed by atoms with van der Waals surface area (Å²) in [4.78, 5) is 10.5. The van der Waals surface area contributed by atoms with Gasteiger partial charge in [0.1, 0.15) is 0 Å². The van der Waals surface area contributed by atoms with Crippen molar-refractivity contribution in [2.24, 2.45) is 7.05 Å². The maximum atomic E-state index is 11.9. The molecule has 96 valence electrons. The number of rotatable bonds is 5. The summed E-state index contributed by atoms with van der Waals surface area (Å²) < 4.78 is 25.3. The van der Waals surface area contributed by atoms with Crippen LogP contribution in [0.1, 0.15) is 24.7 Å². The smallest absolute Gasteiger partial charge is 0.304 e. The molecule has 0 aliphatic rings. The van der Waals surface area contributed by atoms with Crippen molar-refractivity contribution in [3.05, 3.63) is 17.5 Å². The standard InChI is InChI=1S/C10H16N2O4S/c1-7-4-9(12(3)11-7)6-17(15,16)8(2)5-10(13)14/h4,8H,5-6H2,1-3H3,(H,13,14). The van der Waals surface area contributed by atoms with Crippen LogP contribution in [0.25, 0.3) is 0 Å². The highest BCUT2D eigenvalue weighted by molar-refractivity contribution is 7.91. The third kappa shape index (κ3) is 3.55. The molecular weight excluding hydrogens is 244 g/mol. The van der Waals surface area contributed by atoms with Crippen molar-refractivity contribution in [2.45, 2.75) is 31.3 Å². The number of aryl methyl sites for hydroxylation is 2. The Kier molecular flexibility index (Phi) is 3.92. The van der Waals surface area contributed by atoms with Crippen LogP contribution in [-0.2, 0) is 27.4 Å². The van der Waals surface area contributed by atoms with Crippen molar-refractivity contribution in [1.82, 2.24) is 9.78 Å². The fourth-order valence-corrected chi connectivity index (χ4v) is 2.88. The summed E-state index contributed by atoms with van der Waals surface area (Å²) in [5.74, 6) is -1.29. The van der Waals surface area contributed by atoms with Crippen LogP contribution >= 0.6 is 0 Å². The van der Waals surface area contributed by atoms with Gasteiger partial charge in [-0.1, -0.05) is 0 Å². The number of carboxylic acids is 1. The van der Waals surface area contributed by atoms with E-state index in [4.69, 9.17) is 5.11 Å². The Bertz CT molecular complexity index is 518. The van der Waals surface area contributed by atoms with Crippen molar-refractivity contribution in [3.8, 4) is 0 Å². The molecule has 1 rings (SSSR count). The highest BCUT2D eigenvalue weighted by Crippen LogP contribution is 2.14. The highest BCUT2D eigenvalue weighted by Gasteiger charge is 2.25. The zero-order valence-corrected chi connectivity index (χ0v) is 10.9. The molecule has 7 heteroatoms. The molecule has 1 aromatic rings. The molecule has 0 fully saturated rings. The number of carbonyl (C=O) groups is 1. The molecule has 0 saturated carbocycles. The van der Waals surface area contributed by atoms with Gasteiger partial charge in [-0.3, -0.25) is 9.48 Å². The zero-order valence-electron chi connectivity index (χ0n) is 10.0. The number of nitrogens with zero attached hydrogens (tertiary/aromatic N) is 2. The molecule has 1 unspecified atom stereocenters. The molecule has 1 N–H and O–H groups in total. The Hall–Kier alpha value is -1.37. The molecule has 0 spiro atoms. The highest BCUT2D eigenvalue weighted by atomic mass is 32.2. The van der Waals surface area contributed by atoms with Crippen molar-refractivity contribution >= 4 is 15.8 Å². The van der Waals surface area contributed by atoms with Gasteiger partial charge in [0.25, 0.3) is 0 Å². The Morgan fingerprint density at radius 1 is 1.59 bits per heavy atom. The zero-order chi connectivity index (χ0) is 13.2. The first-order valence-electron chi connectivity index (χ1n) is 5.15. The van der Waals surface area contributed by atoms with Crippen LogP contribution < -0.4 is 0 Å². The van der Waals surface area contributed by atoms with E-state index in [2.05, 4.69) is 5.10 Å². The van der Waals surface area contributed by atoms with Gasteiger partial charge in [0, 0.05) is 7.05 Å². The average molecular weight is 260 g/mol. The van der Waals surface area contributed by atoms with Gasteiger partial charge in [0.15, 0.2) is 9.84 Å². The summed E-state index contributed by atoms with van der Waals surface area (Å²) in [6, 6.07) is 1.69. The molecule has 0 aliphatic heterocycles. The van der Waals surface area contributed by atoms with Gasteiger partial charge in [-0.05, 0) is 19.9 Å². The minimum atomic E-state index is -3.46. The largest absolute Gasteiger partial charge is 0.481 e. The molecule has 0 bridgehead atoms. The topological polar surface area (TPSA) is 89.3 Å². The van der Waals surface area contributed by atoms with Gasteiger partial charge >= 0.3 is 5.97 Å². The number of aromatic nitrogens is 2. The van der Waals surface area contributed by atoms with Gasteiger partial charge < -0.3 is 5.11 Å². The lowest BCUT2D eigenvalue weighted by Gasteiger charge is -2.10. The third-order valence-electron chi connectivity index (χ3n) is 2.52. The summed E-state index contributed by atoms with van der Waals surface area (Å²) in [5.41, 5.74) is 1.31. The molecule has 17 heavy (non-hydrogen) atoms. The van der Waals surface area contributed by atoms with Crippen LogP contribution in [0.3, 0.4) is 0 Å². The fraction of sp³-hybridized carbons (Fsp3) is 0.600. The van der Waals surface area contributed by atoms with E-state index < -0.39 is 21.1 Å². The molecule has 0 amide bonds. The summed E-state index contributed by atoms with van der Waals surface area (Å²) >= 11 is 0. The molecule has 1 aromatic heterocycles. The maximum absolute atomic E-state index is 11.9. The van der Waals surface area contributed by atoms with Crippen LogP contribution in [0, 0.1) is 6.92 Å². The van der Waals surface area contributed by atoms with E-state index in [0.29, 0.717) is 5.69 Å². The second-order valence-corrected chi connectivity index (χ2v) is 6.54. The number of sulfone groups is 1. The van der Waals surface area contributed by atoms with Gasteiger partial charge in [-0.25, -0.2) is 8.42 Å². The molecule has 0 aromatic carbocycles. The lowest BCUT2D eigenvalue weighted by molar-refractivity contribution is -0.136. The van der Waals surface area contributed by atoms with E-state index in [9.17, 15) is 13.2 Å². The van der Waals surface area contributed by atoms with E-state index in [-0.39, 0.29) is 12.2 Å². The monoisotopic (exact) mass is 260 g/mol. The van der Waals surface area contributed by atoms with Gasteiger partial charge in [0.05, 0.1) is 28.8 Å². The van der Waals surface area contributed by atoms with Crippen molar-refractivity contribution in [3.63, 3.8) is 0 Å². The van der Waals surface area contributed by atoms with E-state index in [1.165, 1.54) is 11.6 Å². The lowest BCUT2D eigenvalue weighted by Crippen LogP contribution is -2.23. The Morgan fingerprint density at radius 2 is 2.18 bits per heavy atom. The molecule has 6 nitrogen and oxygen atoms in total. The summed E-state index contributed by atoms with van der Waals surface area (Å²) in [5, 5.41) is 11.7. The number of aliphatic carboxylic acids is 1. The van der Waals surface area contributed by atoms with Crippen LogP contribution in [0.15, 0.2) is 6.07 Å². The van der Waals surface area contributed by atoms with Gasteiger partial charge in [-0.15, -0.1) is 0 Å². The summed E-state index contributed by atoms with van der Waals surface area (Å²) in [7, 11) is -1.79. The van der Waals surface area contributed by atoms with E-state index in [0.717, 1.165) is 5.69 Å². The van der Waals surface area contributed by atoms with Gasteiger partial charge in [-0.2, -0.15) is 5.10 Å². The van der Waals surface area contributed by atoms with E-state index in [1.54, 1.807) is 20.0 Å². The average Bonchev–Trinajstić information content (AvgIpc) is 2.43. The predicted octanol–water partition coefficient (Wildman–Crippen LogP) is 0.507. The van der Waals surface area contributed by atoms with Crippen molar-refractivity contribution < 1.29 is 18.3 Å². The second kappa shape index (κ2) is 4.87. The SMILES string of the molecule is Cc1cc(CS(=O)(=O)C(C)CC(=O)O)n(C)n1. The second-order valence-electron chi connectivity index (χ2n) is 4.12. The lowest BCUT2D eigenvalue weighted by atomic mass is 10.3. The summed E-state index contributed by atoms with van der Waals surface area (Å²) in [6.45, 7) is 3.18. The molecule has 1 heterocycles. The van der Waals surface area contributed by atoms with Crippen LogP contribution in [0.2, 0.25) is 0 Å². The Morgan fingerprint density at radius 3 is 2.59 bits per heavy atom. The van der Waals surface area contributed by atoms with E-state index >= 15 is 0 Å². The minimum Gasteiger partial charge on any atom is -0.481 e. The quantitative estimate of drug-likeness (QED) is 0.833. The van der Waals surface area contributed by atoms with Crippen LogP contribution in [0.5, 0.6) is 0 Å². The first-order valence-corrected chi connectivity index (χ1v) is 6.87. The maximum Gasteiger partial charge on any atom is 0.304 e. The first kappa shape index (κ1) is 13.7. The normalized spacial score (nSPS) is 13.6. The van der Waals surface area contributed by atoms with Crippen molar-refractivity contribution in [2.75, 3.05) is 0 Å². The molecular formula is C10H16N2O4S.